The van der Waals surface area contributed by atoms with E-state index in [4.69, 9.17) is 11.5 Å². The van der Waals surface area contributed by atoms with Gasteiger partial charge in [-0.15, -0.1) is 0 Å². The van der Waals surface area contributed by atoms with E-state index < -0.39 is 0 Å². The third-order valence-corrected chi connectivity index (χ3v) is 2.73. The first-order chi connectivity index (χ1) is 9.22. The van der Waals surface area contributed by atoms with Crippen molar-refractivity contribution in [3.05, 3.63) is 47.8 Å². The second-order valence-electron chi connectivity index (χ2n) is 4.16. The van der Waals surface area contributed by atoms with Gasteiger partial charge in [0.2, 0.25) is 5.95 Å². The van der Waals surface area contributed by atoms with Gasteiger partial charge in [0.1, 0.15) is 0 Å². The first-order valence-electron chi connectivity index (χ1n) is 5.81. The highest BCUT2D eigenvalue weighted by Gasteiger charge is 2.07. The number of rotatable bonds is 2. The molecule has 0 amide bonds. The van der Waals surface area contributed by atoms with Crippen molar-refractivity contribution in [2.24, 2.45) is 0 Å². The van der Waals surface area contributed by atoms with Crippen LogP contribution in [0.15, 0.2) is 36.5 Å². The highest BCUT2D eigenvalue weighted by molar-refractivity contribution is 5.81. The summed E-state index contributed by atoms with van der Waals surface area (Å²) in [5.41, 5.74) is 14.2. The summed E-state index contributed by atoms with van der Waals surface area (Å²) in [5, 5.41) is 0. The number of nitrogen functional groups attached to an aromatic ring is 2. The summed E-state index contributed by atoms with van der Waals surface area (Å²) in [6.07, 6.45) is 2.37. The van der Waals surface area contributed by atoms with Gasteiger partial charge in [0.05, 0.1) is 11.9 Å². The maximum absolute atomic E-state index is 5.79. The zero-order valence-corrected chi connectivity index (χ0v) is 10.1. The van der Waals surface area contributed by atoms with E-state index in [1.54, 1.807) is 6.20 Å². The molecule has 0 spiro atoms. The van der Waals surface area contributed by atoms with Crippen LogP contribution in [-0.4, -0.2) is 19.9 Å². The molecule has 6 nitrogen and oxygen atoms in total. The molecule has 3 aromatic rings. The molecule has 0 atom stereocenters. The van der Waals surface area contributed by atoms with E-state index in [-0.39, 0.29) is 11.8 Å². The summed E-state index contributed by atoms with van der Waals surface area (Å²) in [6.45, 7) is 0. The van der Waals surface area contributed by atoms with Gasteiger partial charge >= 0.3 is 0 Å². The molecule has 0 aliphatic rings. The van der Waals surface area contributed by atoms with Crippen LogP contribution in [0.4, 0.5) is 11.8 Å². The fourth-order valence-corrected chi connectivity index (χ4v) is 1.87. The van der Waals surface area contributed by atoms with Crippen LogP contribution in [0.2, 0.25) is 0 Å². The summed E-state index contributed by atoms with van der Waals surface area (Å²) in [4.78, 5) is 16.6. The standard InChI is InChI=1S/C13H12N6/c14-11-10-12(19-13(15)18-11)16-7-9(17-10)6-8-4-2-1-3-5-8/h1-5,7H,6H2,(H4,14,15,16,18,19). The van der Waals surface area contributed by atoms with Gasteiger partial charge in [0, 0.05) is 6.42 Å². The van der Waals surface area contributed by atoms with Gasteiger partial charge in [-0.2, -0.15) is 9.97 Å². The quantitative estimate of drug-likeness (QED) is 0.709. The number of nitrogens with two attached hydrogens (primary N) is 2. The Morgan fingerprint density at radius 1 is 0.947 bits per heavy atom. The molecule has 4 N–H and O–H groups in total. The largest absolute Gasteiger partial charge is 0.382 e. The molecule has 0 aliphatic carbocycles. The molecule has 0 bridgehead atoms. The van der Waals surface area contributed by atoms with Gasteiger partial charge in [-0.25, -0.2) is 9.97 Å². The number of hydrogen-bond acceptors (Lipinski definition) is 6. The maximum atomic E-state index is 5.79. The van der Waals surface area contributed by atoms with Crippen molar-refractivity contribution in [2.75, 3.05) is 11.5 Å². The van der Waals surface area contributed by atoms with E-state index in [0.29, 0.717) is 17.6 Å². The second-order valence-corrected chi connectivity index (χ2v) is 4.16. The second kappa shape index (κ2) is 4.49. The lowest BCUT2D eigenvalue weighted by atomic mass is 10.1. The van der Waals surface area contributed by atoms with Gasteiger partial charge in [-0.3, -0.25) is 0 Å². The van der Waals surface area contributed by atoms with Gasteiger partial charge in [0.15, 0.2) is 17.0 Å². The molecular formula is C13H12N6. The Hall–Kier alpha value is -2.76. The van der Waals surface area contributed by atoms with E-state index in [1.165, 1.54) is 0 Å². The predicted octanol–water partition coefficient (Wildman–Crippen LogP) is 1.18. The lowest BCUT2D eigenvalue weighted by molar-refractivity contribution is 1.05. The highest BCUT2D eigenvalue weighted by atomic mass is 15.1. The molecule has 6 heteroatoms. The molecule has 1 aromatic carbocycles. The Morgan fingerprint density at radius 3 is 2.53 bits per heavy atom. The Morgan fingerprint density at radius 2 is 1.74 bits per heavy atom. The van der Waals surface area contributed by atoms with Crippen LogP contribution >= 0.6 is 0 Å². The lowest BCUT2D eigenvalue weighted by Crippen LogP contribution is -2.04. The van der Waals surface area contributed by atoms with Crippen molar-refractivity contribution in [1.82, 2.24) is 19.9 Å². The van der Waals surface area contributed by atoms with Crippen molar-refractivity contribution >= 4 is 22.9 Å². The topological polar surface area (TPSA) is 104 Å². The van der Waals surface area contributed by atoms with Crippen LogP contribution in [0, 0.1) is 0 Å². The number of anilines is 2. The minimum absolute atomic E-state index is 0.107. The fourth-order valence-electron chi connectivity index (χ4n) is 1.87. The number of nitrogens with zero attached hydrogens (tertiary/aromatic N) is 4. The van der Waals surface area contributed by atoms with Gasteiger partial charge in [-0.1, -0.05) is 30.3 Å². The molecule has 94 valence electrons. The Labute approximate surface area is 109 Å². The van der Waals surface area contributed by atoms with Crippen molar-refractivity contribution in [1.29, 1.82) is 0 Å². The minimum Gasteiger partial charge on any atom is -0.382 e. The first-order valence-corrected chi connectivity index (χ1v) is 5.81. The monoisotopic (exact) mass is 252 g/mol. The zero-order valence-electron chi connectivity index (χ0n) is 10.1. The highest BCUT2D eigenvalue weighted by Crippen LogP contribution is 2.16. The van der Waals surface area contributed by atoms with E-state index in [9.17, 15) is 0 Å². The third-order valence-electron chi connectivity index (χ3n) is 2.73. The smallest absolute Gasteiger partial charge is 0.224 e. The summed E-state index contributed by atoms with van der Waals surface area (Å²) in [6, 6.07) is 10.0. The van der Waals surface area contributed by atoms with E-state index >= 15 is 0 Å². The van der Waals surface area contributed by atoms with Gasteiger partial charge < -0.3 is 11.5 Å². The molecule has 0 unspecified atom stereocenters. The summed E-state index contributed by atoms with van der Waals surface area (Å²) in [5.74, 6) is 0.361. The normalized spacial score (nSPS) is 10.7. The summed E-state index contributed by atoms with van der Waals surface area (Å²) < 4.78 is 0. The van der Waals surface area contributed by atoms with Crippen LogP contribution in [0.25, 0.3) is 11.2 Å². The number of hydrogen-bond donors (Lipinski definition) is 2. The molecule has 2 aromatic heterocycles. The average Bonchev–Trinajstić information content (AvgIpc) is 2.40. The Bertz CT molecular complexity index is 726. The predicted molar refractivity (Wildman–Crippen MR) is 73.2 cm³/mol. The number of fused-ring (bicyclic) bond motifs is 1. The van der Waals surface area contributed by atoms with Crippen LogP contribution in [0.1, 0.15) is 11.3 Å². The molecule has 0 saturated heterocycles. The molecule has 19 heavy (non-hydrogen) atoms. The molecule has 0 aliphatic heterocycles. The maximum Gasteiger partial charge on any atom is 0.224 e. The Kier molecular flexibility index (Phi) is 2.68. The van der Waals surface area contributed by atoms with Crippen molar-refractivity contribution in [2.45, 2.75) is 6.42 Å². The number of aromatic nitrogens is 4. The van der Waals surface area contributed by atoms with Crippen molar-refractivity contribution in [3.63, 3.8) is 0 Å². The van der Waals surface area contributed by atoms with Crippen LogP contribution in [-0.2, 0) is 6.42 Å². The molecular weight excluding hydrogens is 240 g/mol. The molecule has 0 radical (unpaired) electrons. The average molecular weight is 252 g/mol. The van der Waals surface area contributed by atoms with Crippen LogP contribution < -0.4 is 11.5 Å². The van der Waals surface area contributed by atoms with E-state index in [0.717, 1.165) is 11.3 Å². The zero-order chi connectivity index (χ0) is 13.2. The molecule has 3 rings (SSSR count). The summed E-state index contributed by atoms with van der Waals surface area (Å²) >= 11 is 0. The SMILES string of the molecule is Nc1nc(N)c2nc(Cc3ccccc3)cnc2n1. The minimum atomic E-state index is 0.107. The molecule has 2 heterocycles. The van der Waals surface area contributed by atoms with Crippen molar-refractivity contribution in [3.8, 4) is 0 Å². The van der Waals surface area contributed by atoms with E-state index in [1.807, 2.05) is 30.3 Å². The first kappa shape index (κ1) is 11.3. The molecule has 0 saturated carbocycles. The third kappa shape index (κ3) is 2.28. The van der Waals surface area contributed by atoms with Gasteiger partial charge in [0.25, 0.3) is 0 Å². The van der Waals surface area contributed by atoms with Crippen LogP contribution in [0.5, 0.6) is 0 Å². The van der Waals surface area contributed by atoms with Crippen molar-refractivity contribution < 1.29 is 0 Å². The molecule has 0 fully saturated rings. The number of benzene rings is 1. The Balaban J connectivity index is 2.02. The van der Waals surface area contributed by atoms with Gasteiger partial charge in [-0.05, 0) is 5.56 Å². The van der Waals surface area contributed by atoms with E-state index in [2.05, 4.69) is 19.9 Å². The fraction of sp³-hybridized carbons (Fsp3) is 0.0769. The summed E-state index contributed by atoms with van der Waals surface area (Å²) in [7, 11) is 0. The lowest BCUT2D eigenvalue weighted by Gasteiger charge is -2.04. The van der Waals surface area contributed by atoms with Crippen LogP contribution in [0.3, 0.4) is 0 Å².